The van der Waals surface area contributed by atoms with Crippen LogP contribution in [0.2, 0.25) is 0 Å². The number of nitrogens with two attached hydrogens (primary N) is 2. The zero-order valence-electron chi connectivity index (χ0n) is 22.7. The van der Waals surface area contributed by atoms with E-state index in [1.54, 1.807) is 12.1 Å². The molecule has 0 spiro atoms. The van der Waals surface area contributed by atoms with Crippen LogP contribution in [0.5, 0.6) is 11.5 Å². The van der Waals surface area contributed by atoms with Crippen molar-refractivity contribution in [2.45, 2.75) is 31.4 Å². The van der Waals surface area contributed by atoms with Crippen molar-refractivity contribution < 1.29 is 33.0 Å². The molecule has 5 N–H and O–H groups in total. The summed E-state index contributed by atoms with van der Waals surface area (Å²) in [6.45, 7) is 0.917. The number of nitrogens with one attached hydrogen (secondary N) is 1. The second kappa shape index (κ2) is 13.4. The molecule has 3 amide bonds. The van der Waals surface area contributed by atoms with Crippen LogP contribution in [0.15, 0.2) is 42.5 Å². The second-order valence-electron chi connectivity index (χ2n) is 9.41. The summed E-state index contributed by atoms with van der Waals surface area (Å²) in [5.41, 5.74) is 12.3. The lowest BCUT2D eigenvalue weighted by Crippen LogP contribution is -2.46. The Morgan fingerprint density at radius 2 is 1.90 bits per heavy atom. The molecule has 0 aliphatic carbocycles. The normalized spacial score (nSPS) is 15.2. The fourth-order valence-corrected chi connectivity index (χ4v) is 5.39. The fraction of sp³-hybridized carbons (Fsp3) is 0.357. The molecule has 1 aliphatic rings. The van der Waals surface area contributed by atoms with Crippen LogP contribution in [0.1, 0.15) is 50.2 Å². The van der Waals surface area contributed by atoms with Gasteiger partial charge in [-0.15, -0.1) is 0 Å². The summed E-state index contributed by atoms with van der Waals surface area (Å²) in [7, 11) is 3.05. The molecule has 2 atom stereocenters. The molecule has 3 aromatic rings. The summed E-state index contributed by atoms with van der Waals surface area (Å²) < 4.78 is 34.2. The maximum Gasteiger partial charge on any atom is 0.270 e. The zero-order valence-corrected chi connectivity index (χ0v) is 23.5. The first-order valence-corrected chi connectivity index (χ1v) is 13.7. The maximum atomic E-state index is 14.0. The topological polar surface area (TPSA) is 159 Å². The van der Waals surface area contributed by atoms with Crippen molar-refractivity contribution in [3.05, 3.63) is 70.0 Å². The van der Waals surface area contributed by atoms with E-state index < -0.39 is 29.6 Å². The summed E-state index contributed by atoms with van der Waals surface area (Å²) in [5, 5.41) is 2.89. The molecule has 1 fully saturated rings. The first kappa shape index (κ1) is 29.7. The van der Waals surface area contributed by atoms with Crippen LogP contribution in [0.25, 0.3) is 0 Å². The number of ether oxygens (including phenoxy) is 3. The molecule has 0 saturated carbocycles. The molecule has 11 nitrogen and oxygen atoms in total. The van der Waals surface area contributed by atoms with Crippen LogP contribution < -0.4 is 26.3 Å². The third-order valence-corrected chi connectivity index (χ3v) is 7.63. The number of aromatic nitrogens is 1. The number of nitrogen functional groups attached to an aromatic ring is 1. The number of anilines is 1. The minimum atomic E-state index is -1.16. The van der Waals surface area contributed by atoms with E-state index in [0.717, 1.165) is 29.9 Å². The average molecular weight is 586 g/mol. The Hall–Kier alpha value is -4.23. The van der Waals surface area contributed by atoms with Crippen LogP contribution in [0, 0.1) is 5.82 Å². The molecule has 1 aliphatic heterocycles. The summed E-state index contributed by atoms with van der Waals surface area (Å²) in [6, 6.07) is 9.52. The van der Waals surface area contributed by atoms with Gasteiger partial charge in [-0.25, -0.2) is 4.39 Å². The smallest absolute Gasteiger partial charge is 0.270 e. The average Bonchev–Trinajstić information content (AvgIpc) is 3.64. The standard InChI is InChI=1S/C28H32FN5O6S/c1-38-20-10-5-16(14-21(20)39-2)11-12-34(28(37)25-22(30)23(26(31)35)33-41-25)24(17-6-8-18(29)9-7-17)27(36)32-15-19-4-3-13-40-19/h5-10,14,19,24H,3-4,11-13,15,30H2,1-2H3,(H2,31,35)(H,32,36)/t19-,24-/m1/s1. The van der Waals surface area contributed by atoms with E-state index in [0.29, 0.717) is 30.1 Å². The van der Waals surface area contributed by atoms with Gasteiger partial charge in [0.2, 0.25) is 5.91 Å². The molecule has 218 valence electrons. The third kappa shape index (κ3) is 6.92. The van der Waals surface area contributed by atoms with Gasteiger partial charge in [-0.3, -0.25) is 14.4 Å². The summed E-state index contributed by atoms with van der Waals surface area (Å²) >= 11 is 0.719. The number of amides is 3. The number of benzene rings is 2. The van der Waals surface area contributed by atoms with Gasteiger partial charge in [-0.05, 0) is 66.2 Å². The zero-order chi connectivity index (χ0) is 29.5. The van der Waals surface area contributed by atoms with Crippen LogP contribution >= 0.6 is 11.5 Å². The number of rotatable bonds is 12. The predicted octanol–water partition coefficient (Wildman–Crippen LogP) is 2.70. The molecule has 0 unspecified atom stereocenters. The minimum absolute atomic E-state index is 0.0369. The van der Waals surface area contributed by atoms with Crippen LogP contribution in [-0.2, 0) is 16.0 Å². The second-order valence-corrected chi connectivity index (χ2v) is 10.2. The molecular weight excluding hydrogens is 553 g/mol. The maximum absolute atomic E-state index is 14.0. The lowest BCUT2D eigenvalue weighted by Gasteiger charge is -2.31. The quantitative estimate of drug-likeness (QED) is 0.293. The van der Waals surface area contributed by atoms with Crippen molar-refractivity contribution in [2.24, 2.45) is 5.73 Å². The van der Waals surface area contributed by atoms with Gasteiger partial charge in [0.15, 0.2) is 17.2 Å². The van der Waals surface area contributed by atoms with Gasteiger partial charge >= 0.3 is 0 Å². The SMILES string of the molecule is COc1ccc(CCN(C(=O)c2snc(C(N)=O)c2N)[C@@H](C(=O)NC[C@H]2CCCO2)c2ccc(F)cc2)cc1OC. The molecule has 0 bridgehead atoms. The number of carbonyl (C=O) groups excluding carboxylic acids is 3. The Morgan fingerprint density at radius 1 is 1.17 bits per heavy atom. The van der Waals surface area contributed by atoms with Crippen molar-refractivity contribution in [2.75, 3.05) is 39.6 Å². The monoisotopic (exact) mass is 585 g/mol. The van der Waals surface area contributed by atoms with E-state index in [1.807, 2.05) is 6.07 Å². The Balaban J connectivity index is 1.72. The van der Waals surface area contributed by atoms with Gasteiger partial charge in [0, 0.05) is 19.7 Å². The fourth-order valence-electron chi connectivity index (χ4n) is 4.63. The molecule has 2 heterocycles. The highest BCUT2D eigenvalue weighted by Crippen LogP contribution is 2.31. The number of nitrogens with zero attached hydrogens (tertiary/aromatic N) is 2. The Morgan fingerprint density at radius 3 is 2.51 bits per heavy atom. The highest BCUT2D eigenvalue weighted by atomic mass is 32.1. The summed E-state index contributed by atoms with van der Waals surface area (Å²) in [5.74, 6) is -1.43. The lowest BCUT2D eigenvalue weighted by molar-refractivity contribution is -0.126. The van der Waals surface area contributed by atoms with E-state index in [2.05, 4.69) is 9.69 Å². The molecule has 1 saturated heterocycles. The van der Waals surface area contributed by atoms with Crippen LogP contribution in [0.4, 0.5) is 10.1 Å². The Kier molecular flexibility index (Phi) is 9.73. The van der Waals surface area contributed by atoms with E-state index in [1.165, 1.54) is 43.4 Å². The molecule has 1 aromatic heterocycles. The number of carbonyl (C=O) groups is 3. The van der Waals surface area contributed by atoms with Crippen molar-refractivity contribution in [1.29, 1.82) is 0 Å². The van der Waals surface area contributed by atoms with Crippen molar-refractivity contribution in [3.63, 3.8) is 0 Å². The molecule has 41 heavy (non-hydrogen) atoms. The van der Waals surface area contributed by atoms with Crippen molar-refractivity contribution >= 4 is 34.9 Å². The first-order chi connectivity index (χ1) is 19.7. The van der Waals surface area contributed by atoms with Gasteiger partial charge in [0.1, 0.15) is 16.7 Å². The van der Waals surface area contributed by atoms with Gasteiger partial charge in [0.25, 0.3) is 11.8 Å². The lowest BCUT2D eigenvalue weighted by atomic mass is 10.0. The molecule has 2 aromatic carbocycles. The van der Waals surface area contributed by atoms with Gasteiger partial charge in [-0.1, -0.05) is 18.2 Å². The van der Waals surface area contributed by atoms with Crippen molar-refractivity contribution in [1.82, 2.24) is 14.6 Å². The molecular formula is C28H32FN5O6S. The van der Waals surface area contributed by atoms with Gasteiger partial charge in [-0.2, -0.15) is 4.37 Å². The van der Waals surface area contributed by atoms with E-state index >= 15 is 0 Å². The first-order valence-electron chi connectivity index (χ1n) is 12.9. The van der Waals surface area contributed by atoms with E-state index in [-0.39, 0.29) is 35.5 Å². The Labute approximate surface area is 240 Å². The Bertz CT molecular complexity index is 1390. The van der Waals surface area contributed by atoms with Crippen molar-refractivity contribution in [3.8, 4) is 11.5 Å². The predicted molar refractivity (Wildman–Crippen MR) is 150 cm³/mol. The van der Waals surface area contributed by atoms with E-state index in [4.69, 9.17) is 25.7 Å². The number of hydrogen-bond donors (Lipinski definition) is 3. The summed E-state index contributed by atoms with van der Waals surface area (Å²) in [4.78, 5) is 40.9. The minimum Gasteiger partial charge on any atom is -0.493 e. The highest BCUT2D eigenvalue weighted by molar-refractivity contribution is 7.09. The number of hydrogen-bond acceptors (Lipinski definition) is 9. The third-order valence-electron chi connectivity index (χ3n) is 6.78. The number of halogens is 1. The van der Waals surface area contributed by atoms with E-state index in [9.17, 15) is 18.8 Å². The highest BCUT2D eigenvalue weighted by Gasteiger charge is 2.35. The van der Waals surface area contributed by atoms with Crippen LogP contribution in [-0.4, -0.2) is 67.0 Å². The summed E-state index contributed by atoms with van der Waals surface area (Å²) in [6.07, 6.45) is 1.87. The van der Waals surface area contributed by atoms with Gasteiger partial charge in [0.05, 0.1) is 26.0 Å². The molecule has 13 heteroatoms. The molecule has 0 radical (unpaired) electrons. The molecule has 4 rings (SSSR count). The van der Waals surface area contributed by atoms with Crippen LogP contribution in [0.3, 0.4) is 0 Å². The number of methoxy groups -OCH3 is 2. The van der Waals surface area contributed by atoms with Gasteiger partial charge < -0.3 is 35.9 Å². The largest absolute Gasteiger partial charge is 0.493 e. The number of primary amides is 1.